The molecule has 0 aromatic carbocycles. The number of rotatable bonds is 13. The van der Waals surface area contributed by atoms with Gasteiger partial charge >= 0.3 is 0 Å². The van der Waals surface area contributed by atoms with Gasteiger partial charge in [-0.2, -0.15) is 0 Å². The molecule has 4 N–H and O–H groups in total. The molecule has 0 aliphatic carbocycles. The maximum Gasteiger partial charge on any atom is 0.257 e. The fraction of sp³-hybridized carbons (Fsp3) is 0.667. The molecule has 1 aromatic heterocycles. The lowest BCUT2D eigenvalue weighted by atomic mass is 9.82. The number of ether oxygens (including phenoxy) is 1. The second kappa shape index (κ2) is 15.9. The fourth-order valence-corrected chi connectivity index (χ4v) is 4.80. The Hall–Kier alpha value is -2.27. The van der Waals surface area contributed by atoms with Crippen LogP contribution in [-0.4, -0.2) is 48.2 Å². The van der Waals surface area contributed by atoms with Crippen LogP contribution in [0.15, 0.2) is 23.6 Å². The van der Waals surface area contributed by atoms with E-state index in [4.69, 9.17) is 15.3 Å². The molecule has 3 amide bonds. The number of hydrogen-bond donors (Lipinski definition) is 3. The quantitative estimate of drug-likeness (QED) is 0.329. The minimum Gasteiger partial charge on any atom is -0.350 e. The second-order valence-corrected chi connectivity index (χ2v) is 11.5. The SMILES string of the molecule is CC(C)C[C@@H](C(=O)NN(CC(C)C)C(=O)[C@@H](C)N)C(CC=Cc1cccs1)C(=O)NOC1CCCCO1. The standard InChI is InChI=1S/C27H44N4O5S/c1-18(2)16-23(25(32)29-31(17-19(3)4)27(34)20(5)28)22(12-8-10-21-11-9-15-37-21)26(33)30-36-24-13-6-7-14-35-24/h8-11,15,18-20,22-24H,6-7,12-14,16-17,28H2,1-5H3,(H,29,32)(H,30,33)/t20-,22?,23-,24?/m1/s1. The van der Waals surface area contributed by atoms with Crippen LogP contribution in [0.3, 0.4) is 0 Å². The van der Waals surface area contributed by atoms with Gasteiger partial charge < -0.3 is 10.5 Å². The lowest BCUT2D eigenvalue weighted by Crippen LogP contribution is -2.55. The molecule has 208 valence electrons. The average Bonchev–Trinajstić information content (AvgIpc) is 3.37. The Morgan fingerprint density at radius 2 is 1.92 bits per heavy atom. The first-order chi connectivity index (χ1) is 17.6. The van der Waals surface area contributed by atoms with E-state index in [1.807, 2.05) is 57.4 Å². The summed E-state index contributed by atoms with van der Waals surface area (Å²) in [6.45, 7) is 10.4. The molecule has 1 saturated heterocycles. The summed E-state index contributed by atoms with van der Waals surface area (Å²) in [5.74, 6) is -2.31. The predicted octanol–water partition coefficient (Wildman–Crippen LogP) is 3.87. The number of carbonyl (C=O) groups is 3. The van der Waals surface area contributed by atoms with Crippen molar-refractivity contribution in [3.8, 4) is 0 Å². The Labute approximate surface area is 225 Å². The van der Waals surface area contributed by atoms with Crippen LogP contribution >= 0.6 is 11.3 Å². The van der Waals surface area contributed by atoms with Crippen molar-refractivity contribution in [2.24, 2.45) is 29.4 Å². The number of amides is 3. The normalized spacial score (nSPS) is 18.5. The number of hydrazine groups is 1. The first kappa shape index (κ1) is 31.0. The molecule has 0 saturated carbocycles. The number of hydrogen-bond acceptors (Lipinski definition) is 7. The molecule has 0 radical (unpaired) electrons. The van der Waals surface area contributed by atoms with Crippen molar-refractivity contribution in [1.82, 2.24) is 15.9 Å². The summed E-state index contributed by atoms with van der Waals surface area (Å²) in [4.78, 5) is 46.4. The van der Waals surface area contributed by atoms with Crippen LogP contribution in [0.2, 0.25) is 0 Å². The molecular weight excluding hydrogens is 492 g/mol. The maximum atomic E-state index is 13.6. The van der Waals surface area contributed by atoms with Crippen molar-refractivity contribution in [1.29, 1.82) is 0 Å². The first-order valence-electron chi connectivity index (χ1n) is 13.2. The fourth-order valence-electron chi connectivity index (χ4n) is 4.15. The summed E-state index contributed by atoms with van der Waals surface area (Å²) < 4.78 is 5.56. The molecule has 9 nitrogen and oxygen atoms in total. The summed E-state index contributed by atoms with van der Waals surface area (Å²) >= 11 is 1.59. The van der Waals surface area contributed by atoms with E-state index in [2.05, 4.69) is 10.9 Å². The molecule has 4 atom stereocenters. The highest BCUT2D eigenvalue weighted by Gasteiger charge is 2.36. The number of hydroxylamine groups is 1. The number of nitrogens with zero attached hydrogens (tertiary/aromatic N) is 1. The third-order valence-corrected chi connectivity index (χ3v) is 6.81. The Morgan fingerprint density at radius 1 is 1.16 bits per heavy atom. The van der Waals surface area contributed by atoms with Crippen LogP contribution in [0.4, 0.5) is 0 Å². The summed E-state index contributed by atoms with van der Waals surface area (Å²) in [5, 5.41) is 3.27. The number of nitrogens with one attached hydrogen (secondary N) is 2. The topological polar surface area (TPSA) is 123 Å². The zero-order valence-electron chi connectivity index (χ0n) is 22.8. The average molecular weight is 537 g/mol. The highest BCUT2D eigenvalue weighted by Crippen LogP contribution is 2.26. The maximum absolute atomic E-state index is 13.6. The van der Waals surface area contributed by atoms with E-state index in [1.54, 1.807) is 18.3 Å². The lowest BCUT2D eigenvalue weighted by Gasteiger charge is -2.32. The molecule has 2 rings (SSSR count). The van der Waals surface area contributed by atoms with Crippen LogP contribution in [0, 0.1) is 23.7 Å². The van der Waals surface area contributed by atoms with Gasteiger partial charge in [0, 0.05) is 24.4 Å². The molecule has 0 bridgehead atoms. The van der Waals surface area contributed by atoms with Gasteiger partial charge in [0.1, 0.15) is 0 Å². The van der Waals surface area contributed by atoms with Gasteiger partial charge in [0.15, 0.2) is 6.29 Å². The van der Waals surface area contributed by atoms with E-state index in [9.17, 15) is 14.4 Å². The van der Waals surface area contributed by atoms with Gasteiger partial charge in [0.2, 0.25) is 11.8 Å². The summed E-state index contributed by atoms with van der Waals surface area (Å²) in [6.07, 6.45) is 6.77. The van der Waals surface area contributed by atoms with E-state index in [1.165, 1.54) is 5.01 Å². The van der Waals surface area contributed by atoms with Gasteiger partial charge in [-0.3, -0.25) is 24.8 Å². The number of nitrogens with two attached hydrogens (primary N) is 1. The van der Waals surface area contributed by atoms with Crippen molar-refractivity contribution in [3.05, 3.63) is 28.5 Å². The van der Waals surface area contributed by atoms with Crippen molar-refractivity contribution in [2.75, 3.05) is 13.2 Å². The zero-order chi connectivity index (χ0) is 27.4. The molecule has 10 heteroatoms. The lowest BCUT2D eigenvalue weighted by molar-refractivity contribution is -0.203. The zero-order valence-corrected chi connectivity index (χ0v) is 23.6. The monoisotopic (exact) mass is 536 g/mol. The number of carbonyl (C=O) groups excluding carboxylic acids is 3. The minimum atomic E-state index is -0.765. The minimum absolute atomic E-state index is 0.114. The molecule has 1 aliphatic heterocycles. The van der Waals surface area contributed by atoms with Gasteiger partial charge in [-0.05, 0) is 62.0 Å². The van der Waals surface area contributed by atoms with E-state index in [0.29, 0.717) is 32.4 Å². The Bertz CT molecular complexity index is 866. The van der Waals surface area contributed by atoms with Crippen LogP contribution < -0.4 is 16.6 Å². The molecule has 1 aromatic rings. The molecule has 2 unspecified atom stereocenters. The van der Waals surface area contributed by atoms with E-state index < -0.39 is 24.2 Å². The highest BCUT2D eigenvalue weighted by atomic mass is 32.1. The van der Waals surface area contributed by atoms with E-state index >= 15 is 0 Å². The van der Waals surface area contributed by atoms with Crippen molar-refractivity contribution < 1.29 is 24.0 Å². The smallest absolute Gasteiger partial charge is 0.257 e. The van der Waals surface area contributed by atoms with Crippen LogP contribution in [0.5, 0.6) is 0 Å². The Morgan fingerprint density at radius 3 is 2.49 bits per heavy atom. The van der Waals surface area contributed by atoms with Gasteiger partial charge in [0.25, 0.3) is 5.91 Å². The van der Waals surface area contributed by atoms with Gasteiger partial charge in [-0.15, -0.1) is 11.3 Å². The third kappa shape index (κ3) is 10.9. The summed E-state index contributed by atoms with van der Waals surface area (Å²) in [5.41, 5.74) is 11.2. The van der Waals surface area contributed by atoms with Crippen LogP contribution in [0.25, 0.3) is 6.08 Å². The van der Waals surface area contributed by atoms with Crippen LogP contribution in [-0.2, 0) is 24.0 Å². The van der Waals surface area contributed by atoms with Crippen molar-refractivity contribution in [3.63, 3.8) is 0 Å². The van der Waals surface area contributed by atoms with Crippen LogP contribution in [0.1, 0.15) is 71.6 Å². The van der Waals surface area contributed by atoms with Crippen molar-refractivity contribution >= 4 is 35.1 Å². The summed E-state index contributed by atoms with van der Waals surface area (Å²) in [7, 11) is 0. The molecular formula is C27H44N4O5S. The third-order valence-electron chi connectivity index (χ3n) is 5.98. The molecule has 1 aliphatic rings. The molecule has 2 heterocycles. The van der Waals surface area contributed by atoms with E-state index in [0.717, 1.165) is 17.7 Å². The Kier molecular flexibility index (Phi) is 13.3. The Balaban J connectivity index is 2.25. The molecule has 37 heavy (non-hydrogen) atoms. The highest BCUT2D eigenvalue weighted by molar-refractivity contribution is 7.10. The van der Waals surface area contributed by atoms with E-state index in [-0.39, 0.29) is 29.6 Å². The van der Waals surface area contributed by atoms with Gasteiger partial charge in [-0.1, -0.05) is 39.8 Å². The van der Waals surface area contributed by atoms with Gasteiger partial charge in [-0.25, -0.2) is 10.3 Å². The number of thiophene rings is 1. The second-order valence-electron chi connectivity index (χ2n) is 10.5. The largest absolute Gasteiger partial charge is 0.350 e. The van der Waals surface area contributed by atoms with Crippen molar-refractivity contribution in [2.45, 2.75) is 79.1 Å². The molecule has 0 spiro atoms. The predicted molar refractivity (Wildman–Crippen MR) is 146 cm³/mol. The molecule has 1 fully saturated rings. The first-order valence-corrected chi connectivity index (χ1v) is 14.1. The summed E-state index contributed by atoms with van der Waals surface area (Å²) in [6, 6.07) is 3.18. The number of allylic oxidation sites excluding steroid dienone is 1. The van der Waals surface area contributed by atoms with Gasteiger partial charge in [0.05, 0.1) is 17.9 Å².